The normalized spacial score (nSPS) is 10.8. The first-order valence-corrected chi connectivity index (χ1v) is 7.84. The number of carbonyl (C=O) groups is 1. The van der Waals surface area contributed by atoms with Crippen LogP contribution in [0.3, 0.4) is 0 Å². The molecule has 0 aliphatic heterocycles. The number of benzene rings is 2. The second-order valence-corrected chi connectivity index (χ2v) is 6.07. The van der Waals surface area contributed by atoms with Gasteiger partial charge in [-0.05, 0) is 38.2 Å². The van der Waals surface area contributed by atoms with Crippen LogP contribution in [0.5, 0.6) is 5.75 Å². The zero-order valence-electron chi connectivity index (χ0n) is 13.9. The number of anilines is 1. The number of hydrogen-bond acceptors (Lipinski definition) is 3. The molecule has 0 spiro atoms. The molecule has 1 amide bonds. The molecule has 2 rings (SSSR count). The number of amides is 1. The fourth-order valence-electron chi connectivity index (χ4n) is 2.40. The van der Waals surface area contributed by atoms with E-state index in [-0.39, 0.29) is 17.5 Å². The summed E-state index contributed by atoms with van der Waals surface area (Å²) in [7, 11) is 3.46. The van der Waals surface area contributed by atoms with E-state index in [4.69, 9.17) is 16.3 Å². The molecule has 1 N–H and O–H groups in total. The maximum absolute atomic E-state index is 13.0. The van der Waals surface area contributed by atoms with Gasteiger partial charge in [-0.1, -0.05) is 29.3 Å². The van der Waals surface area contributed by atoms with Gasteiger partial charge in [0.1, 0.15) is 11.6 Å². The fourth-order valence-corrected chi connectivity index (χ4v) is 2.62. The molecule has 0 aliphatic rings. The quantitative estimate of drug-likeness (QED) is 0.860. The van der Waals surface area contributed by atoms with E-state index in [1.54, 1.807) is 7.11 Å². The summed E-state index contributed by atoms with van der Waals surface area (Å²) in [5.74, 6) is 0.119. The van der Waals surface area contributed by atoms with Crippen LogP contribution in [0, 0.1) is 12.7 Å². The summed E-state index contributed by atoms with van der Waals surface area (Å²) in [5.41, 5.74) is 2.53. The smallest absolute Gasteiger partial charge is 0.238 e. The molecule has 0 fully saturated rings. The second-order valence-electron chi connectivity index (χ2n) is 5.66. The molecule has 2 aromatic carbocycles. The number of nitrogens with one attached hydrogen (secondary N) is 1. The molecule has 0 unspecified atom stereocenters. The number of likely N-dealkylation sites (N-methyl/N-ethyl adjacent to an activating group) is 1. The van der Waals surface area contributed by atoms with Crippen LogP contribution in [-0.4, -0.2) is 31.5 Å². The molecule has 2 aromatic rings. The summed E-state index contributed by atoms with van der Waals surface area (Å²) in [6.45, 7) is 2.74. The Morgan fingerprint density at radius 1 is 1.29 bits per heavy atom. The third kappa shape index (κ3) is 4.94. The molecule has 0 saturated heterocycles. The van der Waals surface area contributed by atoms with Crippen molar-refractivity contribution in [3.8, 4) is 5.75 Å². The van der Waals surface area contributed by atoms with E-state index in [2.05, 4.69) is 5.32 Å². The Morgan fingerprint density at radius 2 is 2.04 bits per heavy atom. The molecule has 0 saturated carbocycles. The van der Waals surface area contributed by atoms with Gasteiger partial charge in [-0.2, -0.15) is 0 Å². The van der Waals surface area contributed by atoms with Gasteiger partial charge in [0.15, 0.2) is 0 Å². The minimum Gasteiger partial charge on any atom is -0.496 e. The highest BCUT2D eigenvalue weighted by Gasteiger charge is 2.12. The van der Waals surface area contributed by atoms with Crippen molar-refractivity contribution in [1.29, 1.82) is 0 Å². The summed E-state index contributed by atoms with van der Waals surface area (Å²) >= 11 is 5.91. The van der Waals surface area contributed by atoms with Gasteiger partial charge in [-0.15, -0.1) is 0 Å². The Bertz CT molecular complexity index is 737. The van der Waals surface area contributed by atoms with Gasteiger partial charge in [0, 0.05) is 12.1 Å². The van der Waals surface area contributed by atoms with Crippen molar-refractivity contribution in [2.24, 2.45) is 0 Å². The molecular formula is C18H20ClFN2O2. The number of halogens is 2. The monoisotopic (exact) mass is 350 g/mol. The first-order valence-electron chi connectivity index (χ1n) is 7.46. The molecule has 0 atom stereocenters. The van der Waals surface area contributed by atoms with E-state index in [9.17, 15) is 9.18 Å². The van der Waals surface area contributed by atoms with Crippen LogP contribution in [0.25, 0.3) is 0 Å². The molecule has 0 aliphatic carbocycles. The molecular weight excluding hydrogens is 331 g/mol. The molecule has 0 bridgehead atoms. The largest absolute Gasteiger partial charge is 0.496 e. The van der Waals surface area contributed by atoms with Crippen molar-refractivity contribution in [3.05, 3.63) is 58.4 Å². The number of methoxy groups -OCH3 is 1. The number of ether oxygens (including phenoxy) is 1. The van der Waals surface area contributed by atoms with Gasteiger partial charge in [0.05, 0.1) is 24.4 Å². The summed E-state index contributed by atoms with van der Waals surface area (Å²) in [4.78, 5) is 14.0. The van der Waals surface area contributed by atoms with Crippen molar-refractivity contribution < 1.29 is 13.9 Å². The van der Waals surface area contributed by atoms with Crippen LogP contribution in [0.1, 0.15) is 11.1 Å². The number of nitrogens with zero attached hydrogens (tertiary/aromatic N) is 1. The predicted octanol–water partition coefficient (Wildman–Crippen LogP) is 3.87. The maximum atomic E-state index is 13.0. The fraction of sp³-hybridized carbons (Fsp3) is 0.278. The maximum Gasteiger partial charge on any atom is 0.238 e. The lowest BCUT2D eigenvalue weighted by Gasteiger charge is -2.18. The predicted molar refractivity (Wildman–Crippen MR) is 94.1 cm³/mol. The summed E-state index contributed by atoms with van der Waals surface area (Å²) < 4.78 is 18.4. The van der Waals surface area contributed by atoms with Crippen LogP contribution in [0.4, 0.5) is 10.1 Å². The van der Waals surface area contributed by atoms with Crippen molar-refractivity contribution in [3.63, 3.8) is 0 Å². The summed E-state index contributed by atoms with van der Waals surface area (Å²) in [6, 6.07) is 9.78. The molecule has 0 aromatic heterocycles. The Labute approximate surface area is 146 Å². The van der Waals surface area contributed by atoms with E-state index >= 15 is 0 Å². The average molecular weight is 351 g/mol. The average Bonchev–Trinajstić information content (AvgIpc) is 2.50. The van der Waals surface area contributed by atoms with Crippen molar-refractivity contribution in [2.45, 2.75) is 13.5 Å². The third-order valence-electron chi connectivity index (χ3n) is 3.49. The lowest BCUT2D eigenvalue weighted by atomic mass is 10.1. The lowest BCUT2D eigenvalue weighted by Crippen LogP contribution is -2.30. The summed E-state index contributed by atoms with van der Waals surface area (Å²) in [6.07, 6.45) is 0. The molecule has 0 radical (unpaired) electrons. The Balaban J connectivity index is 1.98. The highest BCUT2D eigenvalue weighted by molar-refractivity contribution is 6.33. The first-order chi connectivity index (χ1) is 11.4. The van der Waals surface area contributed by atoms with Gasteiger partial charge < -0.3 is 10.1 Å². The second kappa shape index (κ2) is 8.13. The van der Waals surface area contributed by atoms with Crippen LogP contribution in [0.2, 0.25) is 5.02 Å². The molecule has 128 valence electrons. The van der Waals surface area contributed by atoms with E-state index in [0.717, 1.165) is 16.9 Å². The standard InChI is InChI=1S/C18H20ClFN2O2/c1-12-4-7-17(24-3)13(8-12)10-22(2)11-18(23)21-16-6-5-14(20)9-15(16)19/h4-9H,10-11H2,1-3H3,(H,21,23). The SMILES string of the molecule is COc1ccc(C)cc1CN(C)CC(=O)Nc1ccc(F)cc1Cl. The molecule has 6 heteroatoms. The van der Waals surface area contributed by atoms with Gasteiger partial charge in [-0.25, -0.2) is 4.39 Å². The highest BCUT2D eigenvalue weighted by atomic mass is 35.5. The van der Waals surface area contributed by atoms with Gasteiger partial charge in [-0.3, -0.25) is 9.69 Å². The van der Waals surface area contributed by atoms with E-state index in [0.29, 0.717) is 12.2 Å². The topological polar surface area (TPSA) is 41.6 Å². The highest BCUT2D eigenvalue weighted by Crippen LogP contribution is 2.23. The minimum absolute atomic E-state index is 0.171. The van der Waals surface area contributed by atoms with Crippen LogP contribution in [0.15, 0.2) is 36.4 Å². The van der Waals surface area contributed by atoms with Crippen molar-refractivity contribution >= 4 is 23.2 Å². The van der Waals surface area contributed by atoms with Gasteiger partial charge in [0.2, 0.25) is 5.91 Å². The molecule has 4 nitrogen and oxygen atoms in total. The number of carbonyl (C=O) groups excluding carboxylic acids is 1. The number of aryl methyl sites for hydroxylation is 1. The zero-order valence-corrected chi connectivity index (χ0v) is 14.7. The van der Waals surface area contributed by atoms with Gasteiger partial charge >= 0.3 is 0 Å². The Kier molecular flexibility index (Phi) is 6.17. The van der Waals surface area contributed by atoms with Crippen LogP contribution < -0.4 is 10.1 Å². The number of rotatable bonds is 6. The van der Waals surface area contributed by atoms with Crippen LogP contribution in [-0.2, 0) is 11.3 Å². The Hall–Kier alpha value is -2.11. The van der Waals surface area contributed by atoms with Crippen LogP contribution >= 0.6 is 11.6 Å². The van der Waals surface area contributed by atoms with Gasteiger partial charge in [0.25, 0.3) is 0 Å². The van der Waals surface area contributed by atoms with E-state index < -0.39 is 5.82 Å². The lowest BCUT2D eigenvalue weighted by molar-refractivity contribution is -0.117. The van der Waals surface area contributed by atoms with Crippen molar-refractivity contribution in [2.75, 3.05) is 26.0 Å². The molecule has 0 heterocycles. The van der Waals surface area contributed by atoms with E-state index in [1.807, 2.05) is 37.1 Å². The Morgan fingerprint density at radius 3 is 2.71 bits per heavy atom. The third-order valence-corrected chi connectivity index (χ3v) is 3.81. The van der Waals surface area contributed by atoms with Crippen molar-refractivity contribution in [1.82, 2.24) is 4.90 Å². The van der Waals surface area contributed by atoms with E-state index in [1.165, 1.54) is 18.2 Å². The first kappa shape index (κ1) is 18.2. The molecule has 24 heavy (non-hydrogen) atoms. The summed E-state index contributed by atoms with van der Waals surface area (Å²) in [5, 5.41) is 2.86. The zero-order chi connectivity index (χ0) is 17.7. The minimum atomic E-state index is -0.443. The number of hydrogen-bond donors (Lipinski definition) is 1.